The Morgan fingerprint density at radius 1 is 1.16 bits per heavy atom. The van der Waals surface area contributed by atoms with Crippen LogP contribution in [-0.2, 0) is 16.6 Å². The minimum atomic E-state index is -0.533. The predicted molar refractivity (Wildman–Crippen MR) is 151 cm³/mol. The number of nitrogens with zero attached hydrogens (tertiary/aromatic N) is 3. The number of aromatic nitrogens is 3. The van der Waals surface area contributed by atoms with E-state index in [0.717, 1.165) is 16.9 Å². The fourth-order valence-corrected chi connectivity index (χ4v) is 5.69. The van der Waals surface area contributed by atoms with Crippen molar-refractivity contribution in [1.29, 1.82) is 0 Å². The molecular formula is C27H27ClN4O4S2. The SMILES string of the molecule is COC(=O)c1c(-c2ccc(Cl)cc2)csc1NC(=O)CSc1nnc(C(C)Oc2ccc(C)cc2C)n1C. The number of anilines is 1. The molecule has 4 rings (SSSR count). The molecule has 0 saturated heterocycles. The van der Waals surface area contributed by atoms with Gasteiger partial charge in [-0.15, -0.1) is 21.5 Å². The minimum Gasteiger partial charge on any atom is -0.482 e. The van der Waals surface area contributed by atoms with E-state index in [1.54, 1.807) is 12.1 Å². The van der Waals surface area contributed by atoms with Gasteiger partial charge in [-0.1, -0.05) is 53.2 Å². The Morgan fingerprint density at radius 2 is 1.89 bits per heavy atom. The molecule has 0 aliphatic heterocycles. The topological polar surface area (TPSA) is 95.3 Å². The van der Waals surface area contributed by atoms with E-state index in [-0.39, 0.29) is 17.8 Å². The quantitative estimate of drug-likeness (QED) is 0.182. The van der Waals surface area contributed by atoms with E-state index >= 15 is 0 Å². The molecule has 0 saturated carbocycles. The van der Waals surface area contributed by atoms with Crippen molar-refractivity contribution in [3.05, 3.63) is 75.4 Å². The molecule has 0 aliphatic carbocycles. The summed E-state index contributed by atoms with van der Waals surface area (Å²) in [6, 6.07) is 13.1. The van der Waals surface area contributed by atoms with Crippen molar-refractivity contribution in [2.45, 2.75) is 32.0 Å². The highest BCUT2D eigenvalue weighted by atomic mass is 35.5. The van der Waals surface area contributed by atoms with Crippen LogP contribution in [0.1, 0.15) is 40.3 Å². The monoisotopic (exact) mass is 570 g/mol. The molecule has 198 valence electrons. The lowest BCUT2D eigenvalue weighted by Gasteiger charge is -2.16. The highest BCUT2D eigenvalue weighted by molar-refractivity contribution is 7.99. The second-order valence-electron chi connectivity index (χ2n) is 8.62. The van der Waals surface area contributed by atoms with Crippen LogP contribution in [0, 0.1) is 13.8 Å². The number of hydrogen-bond donors (Lipinski definition) is 1. The molecule has 0 bridgehead atoms. The zero-order valence-corrected chi connectivity index (χ0v) is 24.0. The average Bonchev–Trinajstić information content (AvgIpc) is 3.47. The third kappa shape index (κ3) is 6.20. The van der Waals surface area contributed by atoms with Gasteiger partial charge < -0.3 is 19.4 Å². The molecule has 2 heterocycles. The van der Waals surface area contributed by atoms with Crippen LogP contribution in [0.25, 0.3) is 11.1 Å². The number of hydrogen-bond acceptors (Lipinski definition) is 8. The van der Waals surface area contributed by atoms with Crippen LogP contribution >= 0.6 is 34.7 Å². The summed E-state index contributed by atoms with van der Waals surface area (Å²) in [6.07, 6.45) is -0.336. The predicted octanol–water partition coefficient (Wildman–Crippen LogP) is 6.47. The standard InChI is InChI=1S/C27H27ClN4O4S2/c1-15-6-11-21(16(2)12-15)36-17(3)24-30-31-27(32(24)4)38-14-22(33)29-25-23(26(34)35-5)20(13-37-25)18-7-9-19(28)10-8-18/h6-13,17H,14H2,1-5H3,(H,29,33). The third-order valence-corrected chi connectivity index (χ3v) is 7.96. The van der Waals surface area contributed by atoms with Gasteiger partial charge in [-0.2, -0.15) is 0 Å². The van der Waals surface area contributed by atoms with Crippen molar-refractivity contribution < 1.29 is 19.1 Å². The summed E-state index contributed by atoms with van der Waals surface area (Å²) in [5.41, 5.74) is 3.98. The van der Waals surface area contributed by atoms with Crippen molar-refractivity contribution in [2.75, 3.05) is 18.2 Å². The molecule has 4 aromatic rings. The van der Waals surface area contributed by atoms with E-state index in [1.165, 1.54) is 35.8 Å². The van der Waals surface area contributed by atoms with Gasteiger partial charge in [-0.05, 0) is 50.1 Å². The van der Waals surface area contributed by atoms with Crippen molar-refractivity contribution in [3.63, 3.8) is 0 Å². The van der Waals surface area contributed by atoms with Gasteiger partial charge in [0.1, 0.15) is 16.3 Å². The van der Waals surface area contributed by atoms with Gasteiger partial charge >= 0.3 is 5.97 Å². The Bertz CT molecular complexity index is 1470. The number of thioether (sulfide) groups is 1. The summed E-state index contributed by atoms with van der Waals surface area (Å²) in [5.74, 6) is 0.693. The van der Waals surface area contributed by atoms with Gasteiger partial charge in [-0.25, -0.2) is 4.79 Å². The number of carbonyl (C=O) groups excluding carboxylic acids is 2. The Morgan fingerprint density at radius 3 is 2.58 bits per heavy atom. The van der Waals surface area contributed by atoms with Crippen LogP contribution in [0.15, 0.2) is 53.0 Å². The van der Waals surface area contributed by atoms with E-state index in [2.05, 4.69) is 21.6 Å². The summed E-state index contributed by atoms with van der Waals surface area (Å²) < 4.78 is 12.9. The molecule has 2 aromatic heterocycles. The van der Waals surface area contributed by atoms with Gasteiger partial charge in [-0.3, -0.25) is 4.79 Å². The second-order valence-corrected chi connectivity index (χ2v) is 10.9. The second kappa shape index (κ2) is 12.0. The maximum absolute atomic E-state index is 12.8. The lowest BCUT2D eigenvalue weighted by atomic mass is 10.0. The summed E-state index contributed by atoms with van der Waals surface area (Å²) in [7, 11) is 3.15. The van der Waals surface area contributed by atoms with Crippen LogP contribution in [0.5, 0.6) is 5.75 Å². The number of benzene rings is 2. The normalized spacial score (nSPS) is 11.7. The number of methoxy groups -OCH3 is 1. The van der Waals surface area contributed by atoms with Crippen LogP contribution in [-0.4, -0.2) is 39.5 Å². The van der Waals surface area contributed by atoms with E-state index in [0.29, 0.717) is 32.1 Å². The number of rotatable bonds is 9. The number of aryl methyl sites for hydroxylation is 2. The summed E-state index contributed by atoms with van der Waals surface area (Å²) in [6.45, 7) is 5.95. The smallest absolute Gasteiger partial charge is 0.341 e. The lowest BCUT2D eigenvalue weighted by Crippen LogP contribution is -2.16. The Balaban J connectivity index is 1.43. The first-order chi connectivity index (χ1) is 18.2. The Hall–Kier alpha value is -3.34. The highest BCUT2D eigenvalue weighted by Crippen LogP contribution is 2.37. The molecule has 38 heavy (non-hydrogen) atoms. The molecule has 8 nitrogen and oxygen atoms in total. The third-order valence-electron chi connectivity index (χ3n) is 5.79. The number of esters is 1. The number of amides is 1. The van der Waals surface area contributed by atoms with Crippen molar-refractivity contribution in [1.82, 2.24) is 14.8 Å². The maximum Gasteiger partial charge on any atom is 0.341 e. The Labute approximate surface area is 234 Å². The molecule has 11 heteroatoms. The Kier molecular flexibility index (Phi) is 8.76. The molecule has 1 atom stereocenters. The first kappa shape index (κ1) is 27.7. The molecular weight excluding hydrogens is 544 g/mol. The number of carbonyl (C=O) groups is 2. The molecule has 1 unspecified atom stereocenters. The van der Waals surface area contributed by atoms with E-state index < -0.39 is 5.97 Å². The van der Waals surface area contributed by atoms with Gasteiger partial charge in [0, 0.05) is 23.0 Å². The van der Waals surface area contributed by atoms with Gasteiger partial charge in [0.05, 0.1) is 12.9 Å². The van der Waals surface area contributed by atoms with Crippen LogP contribution in [0.2, 0.25) is 5.02 Å². The van der Waals surface area contributed by atoms with Crippen molar-refractivity contribution in [3.8, 4) is 16.9 Å². The zero-order valence-electron chi connectivity index (χ0n) is 21.6. The van der Waals surface area contributed by atoms with Gasteiger partial charge in [0.15, 0.2) is 17.1 Å². The number of thiophene rings is 1. The number of halogens is 1. The lowest BCUT2D eigenvalue weighted by molar-refractivity contribution is -0.113. The van der Waals surface area contributed by atoms with E-state index in [4.69, 9.17) is 21.1 Å². The molecule has 0 spiro atoms. The molecule has 1 amide bonds. The zero-order chi connectivity index (χ0) is 27.4. The minimum absolute atomic E-state index is 0.0765. The molecule has 2 aromatic carbocycles. The van der Waals surface area contributed by atoms with Crippen molar-refractivity contribution in [2.24, 2.45) is 7.05 Å². The number of nitrogens with one attached hydrogen (secondary N) is 1. The molecule has 1 N–H and O–H groups in total. The van der Waals surface area contributed by atoms with E-state index in [1.807, 2.05) is 62.0 Å². The summed E-state index contributed by atoms with van der Waals surface area (Å²) in [4.78, 5) is 25.4. The van der Waals surface area contributed by atoms with Crippen LogP contribution in [0.3, 0.4) is 0 Å². The molecule has 0 aliphatic rings. The first-order valence-electron chi connectivity index (χ1n) is 11.7. The first-order valence-corrected chi connectivity index (χ1v) is 13.9. The van der Waals surface area contributed by atoms with Gasteiger partial charge in [0.25, 0.3) is 0 Å². The fourth-order valence-electron chi connectivity index (χ4n) is 3.87. The number of ether oxygens (including phenoxy) is 2. The maximum atomic E-state index is 12.8. The molecule has 0 radical (unpaired) electrons. The highest BCUT2D eigenvalue weighted by Gasteiger charge is 2.23. The largest absolute Gasteiger partial charge is 0.482 e. The molecule has 0 fully saturated rings. The van der Waals surface area contributed by atoms with Crippen LogP contribution in [0.4, 0.5) is 5.00 Å². The average molecular weight is 571 g/mol. The summed E-state index contributed by atoms with van der Waals surface area (Å²) in [5, 5.41) is 14.8. The van der Waals surface area contributed by atoms with E-state index in [9.17, 15) is 9.59 Å². The van der Waals surface area contributed by atoms with Crippen molar-refractivity contribution >= 4 is 51.6 Å². The summed E-state index contributed by atoms with van der Waals surface area (Å²) >= 11 is 8.50. The van der Waals surface area contributed by atoms with Gasteiger partial charge in [0.2, 0.25) is 5.91 Å². The van der Waals surface area contributed by atoms with Crippen LogP contribution < -0.4 is 10.1 Å². The fraction of sp³-hybridized carbons (Fsp3) is 0.259.